The molecule has 1 aliphatic rings. The van der Waals surface area contributed by atoms with Gasteiger partial charge in [0, 0.05) is 18.3 Å². The zero-order chi connectivity index (χ0) is 18.5. The lowest BCUT2D eigenvalue weighted by atomic mass is 9.77. The molecule has 1 aromatic heterocycles. The van der Waals surface area contributed by atoms with E-state index in [4.69, 9.17) is 9.31 Å². The molecule has 0 N–H and O–H groups in total. The largest absolute Gasteiger partial charge is 0.495 e. The Hall–Kier alpha value is -2.11. The molecule has 1 saturated heterocycles. The molecular weight excluding hydrogens is 328 g/mol. The van der Waals surface area contributed by atoms with Crippen molar-refractivity contribution in [2.45, 2.75) is 45.4 Å². The SMILES string of the molecule is CC1(C)OB(c2cccc3c2ccn3Cc2ccc(F)cc2)OC1(C)C. The van der Waals surface area contributed by atoms with Crippen molar-refractivity contribution in [3.05, 3.63) is 66.1 Å². The lowest BCUT2D eigenvalue weighted by Crippen LogP contribution is -2.41. The Morgan fingerprint density at radius 3 is 2.23 bits per heavy atom. The van der Waals surface area contributed by atoms with Gasteiger partial charge in [-0.15, -0.1) is 0 Å². The molecule has 5 heteroatoms. The van der Waals surface area contributed by atoms with Crippen LogP contribution in [0.1, 0.15) is 33.3 Å². The Kier molecular flexibility index (Phi) is 3.97. The van der Waals surface area contributed by atoms with Crippen LogP contribution < -0.4 is 5.46 Å². The topological polar surface area (TPSA) is 23.4 Å². The van der Waals surface area contributed by atoms with Gasteiger partial charge in [0.15, 0.2) is 0 Å². The van der Waals surface area contributed by atoms with Gasteiger partial charge in [-0.05, 0) is 68.4 Å². The molecule has 0 unspecified atom stereocenters. The van der Waals surface area contributed by atoms with Gasteiger partial charge in [0.2, 0.25) is 0 Å². The van der Waals surface area contributed by atoms with Gasteiger partial charge < -0.3 is 13.9 Å². The van der Waals surface area contributed by atoms with Crippen LogP contribution in [0.15, 0.2) is 54.7 Å². The molecule has 1 fully saturated rings. The minimum atomic E-state index is -0.384. The highest BCUT2D eigenvalue weighted by Crippen LogP contribution is 2.37. The molecule has 2 aromatic carbocycles. The summed E-state index contributed by atoms with van der Waals surface area (Å²) in [6.07, 6.45) is 2.06. The van der Waals surface area contributed by atoms with Gasteiger partial charge in [-0.25, -0.2) is 4.39 Å². The van der Waals surface area contributed by atoms with Crippen molar-refractivity contribution in [2.24, 2.45) is 0 Å². The fraction of sp³-hybridized carbons (Fsp3) is 0.333. The van der Waals surface area contributed by atoms with E-state index in [1.165, 1.54) is 12.1 Å². The van der Waals surface area contributed by atoms with Crippen LogP contribution in [0.5, 0.6) is 0 Å². The molecule has 3 aromatic rings. The molecule has 0 saturated carbocycles. The van der Waals surface area contributed by atoms with Crippen molar-refractivity contribution in [1.29, 1.82) is 0 Å². The molecule has 2 heterocycles. The predicted octanol–water partition coefficient (Wildman–Crippen LogP) is 4.13. The number of fused-ring (bicyclic) bond motifs is 1. The van der Waals surface area contributed by atoms with Crippen LogP contribution in [0.25, 0.3) is 10.9 Å². The molecule has 3 nitrogen and oxygen atoms in total. The van der Waals surface area contributed by atoms with Crippen molar-refractivity contribution in [3.8, 4) is 0 Å². The molecule has 0 aliphatic carbocycles. The summed E-state index contributed by atoms with van der Waals surface area (Å²) in [4.78, 5) is 0. The van der Waals surface area contributed by atoms with E-state index < -0.39 is 0 Å². The van der Waals surface area contributed by atoms with E-state index in [1.54, 1.807) is 0 Å². The summed E-state index contributed by atoms with van der Waals surface area (Å²) in [7, 11) is -0.384. The van der Waals surface area contributed by atoms with Gasteiger partial charge in [-0.3, -0.25) is 0 Å². The van der Waals surface area contributed by atoms with E-state index in [1.807, 2.05) is 18.2 Å². The first-order valence-electron chi connectivity index (χ1n) is 8.95. The zero-order valence-corrected chi connectivity index (χ0v) is 15.6. The van der Waals surface area contributed by atoms with Crippen molar-refractivity contribution in [3.63, 3.8) is 0 Å². The maximum Gasteiger partial charge on any atom is 0.495 e. The molecule has 4 rings (SSSR count). The highest BCUT2D eigenvalue weighted by molar-refractivity contribution is 6.65. The number of halogens is 1. The van der Waals surface area contributed by atoms with Crippen molar-refractivity contribution in [2.75, 3.05) is 0 Å². The van der Waals surface area contributed by atoms with Crippen LogP contribution in [-0.4, -0.2) is 22.9 Å². The monoisotopic (exact) mass is 351 g/mol. The van der Waals surface area contributed by atoms with Crippen LogP contribution >= 0.6 is 0 Å². The first kappa shape index (κ1) is 17.3. The molecule has 134 valence electrons. The second-order valence-electron chi connectivity index (χ2n) is 7.94. The summed E-state index contributed by atoms with van der Waals surface area (Å²) in [5.41, 5.74) is 2.48. The molecule has 1 aliphatic heterocycles. The third-order valence-corrected chi connectivity index (χ3v) is 5.62. The van der Waals surface area contributed by atoms with Gasteiger partial charge in [0.25, 0.3) is 0 Å². The van der Waals surface area contributed by atoms with Crippen LogP contribution in [0.2, 0.25) is 0 Å². The molecule has 0 amide bonds. The van der Waals surface area contributed by atoms with Gasteiger partial charge >= 0.3 is 7.12 Å². The number of benzene rings is 2. The van der Waals surface area contributed by atoms with Gasteiger partial charge in [0.1, 0.15) is 5.82 Å². The normalized spacial score (nSPS) is 18.6. The van der Waals surface area contributed by atoms with Crippen LogP contribution in [-0.2, 0) is 15.9 Å². The number of aromatic nitrogens is 1. The van der Waals surface area contributed by atoms with E-state index in [0.717, 1.165) is 21.9 Å². The highest BCUT2D eigenvalue weighted by Gasteiger charge is 2.52. The number of rotatable bonds is 3. The van der Waals surface area contributed by atoms with E-state index in [-0.39, 0.29) is 24.1 Å². The summed E-state index contributed by atoms with van der Waals surface area (Å²) in [6.45, 7) is 8.94. The summed E-state index contributed by atoms with van der Waals surface area (Å²) in [6, 6.07) is 14.9. The highest BCUT2D eigenvalue weighted by atomic mass is 19.1. The van der Waals surface area contributed by atoms with Crippen LogP contribution in [0, 0.1) is 5.82 Å². The zero-order valence-electron chi connectivity index (χ0n) is 15.6. The number of nitrogens with zero attached hydrogens (tertiary/aromatic N) is 1. The lowest BCUT2D eigenvalue weighted by molar-refractivity contribution is 0.00578. The van der Waals surface area contributed by atoms with E-state index in [2.05, 4.69) is 56.7 Å². The summed E-state index contributed by atoms with van der Waals surface area (Å²) in [5.74, 6) is -0.214. The minimum absolute atomic E-state index is 0.214. The van der Waals surface area contributed by atoms with E-state index in [0.29, 0.717) is 6.54 Å². The Morgan fingerprint density at radius 2 is 1.58 bits per heavy atom. The summed E-state index contributed by atoms with van der Waals surface area (Å²) >= 11 is 0. The molecule has 0 atom stereocenters. The minimum Gasteiger partial charge on any atom is -0.399 e. The number of hydrogen-bond donors (Lipinski definition) is 0. The fourth-order valence-electron chi connectivity index (χ4n) is 3.35. The lowest BCUT2D eigenvalue weighted by Gasteiger charge is -2.32. The van der Waals surface area contributed by atoms with Gasteiger partial charge in [-0.1, -0.05) is 24.3 Å². The average Bonchev–Trinajstić information content (AvgIpc) is 3.08. The Morgan fingerprint density at radius 1 is 0.923 bits per heavy atom. The molecule has 0 spiro atoms. The summed E-state index contributed by atoms with van der Waals surface area (Å²) < 4.78 is 27.8. The summed E-state index contributed by atoms with van der Waals surface area (Å²) in [5, 5.41) is 1.12. The first-order valence-corrected chi connectivity index (χ1v) is 8.95. The van der Waals surface area contributed by atoms with Crippen molar-refractivity contribution >= 4 is 23.5 Å². The Bertz CT molecular complexity index is 930. The van der Waals surface area contributed by atoms with E-state index >= 15 is 0 Å². The third kappa shape index (κ3) is 2.85. The first-order chi connectivity index (χ1) is 12.3. The van der Waals surface area contributed by atoms with Crippen molar-refractivity contribution in [1.82, 2.24) is 4.57 Å². The molecule has 26 heavy (non-hydrogen) atoms. The predicted molar refractivity (Wildman–Crippen MR) is 103 cm³/mol. The third-order valence-electron chi connectivity index (χ3n) is 5.62. The van der Waals surface area contributed by atoms with Gasteiger partial charge in [0.05, 0.1) is 11.2 Å². The fourth-order valence-corrected chi connectivity index (χ4v) is 3.35. The quantitative estimate of drug-likeness (QED) is 0.663. The number of hydrogen-bond acceptors (Lipinski definition) is 2. The maximum atomic E-state index is 13.1. The van der Waals surface area contributed by atoms with E-state index in [9.17, 15) is 4.39 Å². The second-order valence-corrected chi connectivity index (χ2v) is 7.94. The Labute approximate surface area is 153 Å². The maximum absolute atomic E-state index is 13.1. The second kappa shape index (κ2) is 5.97. The standard InChI is InChI=1S/C21H23BFNO2/c1-20(2)21(3,4)26-22(25-20)18-6-5-7-19-17(18)12-13-24(19)14-15-8-10-16(23)11-9-15/h5-13H,14H2,1-4H3. The molecule has 0 radical (unpaired) electrons. The van der Waals surface area contributed by atoms with Gasteiger partial charge in [-0.2, -0.15) is 0 Å². The average molecular weight is 351 g/mol. The van der Waals surface area contributed by atoms with Crippen molar-refractivity contribution < 1.29 is 13.7 Å². The molecule has 0 bridgehead atoms. The Balaban J connectivity index is 1.69. The molecular formula is C21H23BFNO2. The smallest absolute Gasteiger partial charge is 0.399 e. The van der Waals surface area contributed by atoms with Crippen LogP contribution in [0.3, 0.4) is 0 Å². The van der Waals surface area contributed by atoms with Crippen LogP contribution in [0.4, 0.5) is 4.39 Å².